The predicted molar refractivity (Wildman–Crippen MR) is 75.5 cm³/mol. The van der Waals surface area contributed by atoms with Crippen LogP contribution in [-0.2, 0) is 8.85 Å². The number of hydrogen-bond acceptors (Lipinski definition) is 4. The van der Waals surface area contributed by atoms with Gasteiger partial charge >= 0.3 is 8.56 Å². The first-order chi connectivity index (χ1) is 8.18. The highest BCUT2D eigenvalue weighted by atomic mass is 28.4. The number of nitrogens with two attached hydrogens (primary N) is 1. The molecule has 0 saturated heterocycles. The van der Waals surface area contributed by atoms with Crippen molar-refractivity contribution in [1.82, 2.24) is 5.32 Å². The van der Waals surface area contributed by atoms with E-state index in [0.29, 0.717) is 0 Å². The van der Waals surface area contributed by atoms with Crippen molar-refractivity contribution in [2.24, 2.45) is 5.73 Å². The third kappa shape index (κ3) is 9.73. The van der Waals surface area contributed by atoms with Crippen LogP contribution in [0, 0.1) is 0 Å². The molecule has 3 N–H and O–H groups in total. The maximum Gasteiger partial charge on any atom is 0.334 e. The zero-order valence-corrected chi connectivity index (χ0v) is 12.8. The molecule has 0 fully saturated rings. The molecular formula is C12H30N2O2Si. The molecule has 0 bridgehead atoms. The van der Waals surface area contributed by atoms with E-state index in [1.165, 1.54) is 6.42 Å². The lowest BCUT2D eigenvalue weighted by atomic mass is 10.3. The van der Waals surface area contributed by atoms with Gasteiger partial charge in [-0.2, -0.15) is 0 Å². The van der Waals surface area contributed by atoms with E-state index in [1.807, 2.05) is 13.8 Å². The Kier molecular flexibility index (Phi) is 11.2. The SMILES string of the molecule is CCO[Si](C)(CCCNCCCCN)OCC. The quantitative estimate of drug-likeness (QED) is 0.416. The molecule has 0 aliphatic carbocycles. The lowest BCUT2D eigenvalue weighted by Crippen LogP contribution is -2.39. The van der Waals surface area contributed by atoms with Gasteiger partial charge in [0.15, 0.2) is 0 Å². The maximum absolute atomic E-state index is 5.79. The van der Waals surface area contributed by atoms with E-state index in [9.17, 15) is 0 Å². The van der Waals surface area contributed by atoms with Crippen molar-refractivity contribution < 1.29 is 8.85 Å². The number of hydrogen-bond donors (Lipinski definition) is 2. The monoisotopic (exact) mass is 262 g/mol. The van der Waals surface area contributed by atoms with Gasteiger partial charge in [0.25, 0.3) is 0 Å². The molecule has 0 saturated carbocycles. The topological polar surface area (TPSA) is 56.5 Å². The van der Waals surface area contributed by atoms with Gasteiger partial charge in [-0.1, -0.05) is 0 Å². The van der Waals surface area contributed by atoms with Crippen LogP contribution in [0.1, 0.15) is 33.1 Å². The van der Waals surface area contributed by atoms with Crippen LogP contribution in [0.5, 0.6) is 0 Å². The lowest BCUT2D eigenvalue weighted by Gasteiger charge is -2.25. The molecule has 0 aromatic rings. The summed E-state index contributed by atoms with van der Waals surface area (Å²) < 4.78 is 11.6. The van der Waals surface area contributed by atoms with Crippen molar-refractivity contribution in [3.05, 3.63) is 0 Å². The van der Waals surface area contributed by atoms with E-state index < -0.39 is 8.56 Å². The summed E-state index contributed by atoms with van der Waals surface area (Å²) in [4.78, 5) is 0. The highest BCUT2D eigenvalue weighted by Crippen LogP contribution is 2.15. The molecule has 0 spiro atoms. The first-order valence-corrected chi connectivity index (χ1v) is 9.39. The van der Waals surface area contributed by atoms with Gasteiger partial charge in [0.05, 0.1) is 0 Å². The fourth-order valence-electron chi connectivity index (χ4n) is 1.85. The van der Waals surface area contributed by atoms with E-state index in [0.717, 1.165) is 51.7 Å². The van der Waals surface area contributed by atoms with Crippen LogP contribution in [0.25, 0.3) is 0 Å². The minimum absolute atomic E-state index is 0.757. The summed E-state index contributed by atoms with van der Waals surface area (Å²) in [6, 6.07) is 1.07. The standard InChI is InChI=1S/C12H30N2O2Si/c1-4-15-17(3,16-5-2)12-8-11-14-10-7-6-9-13/h14H,4-13H2,1-3H3. The van der Waals surface area contributed by atoms with Crippen molar-refractivity contribution in [3.63, 3.8) is 0 Å². The number of rotatable bonds is 12. The van der Waals surface area contributed by atoms with Gasteiger partial charge in [-0.15, -0.1) is 0 Å². The van der Waals surface area contributed by atoms with E-state index in [-0.39, 0.29) is 0 Å². The molecule has 0 aromatic heterocycles. The van der Waals surface area contributed by atoms with Crippen molar-refractivity contribution in [2.45, 2.75) is 45.7 Å². The van der Waals surface area contributed by atoms with E-state index in [2.05, 4.69) is 11.9 Å². The highest BCUT2D eigenvalue weighted by Gasteiger charge is 2.29. The first-order valence-electron chi connectivity index (χ1n) is 6.87. The molecule has 104 valence electrons. The van der Waals surface area contributed by atoms with Crippen LogP contribution in [0.3, 0.4) is 0 Å². The van der Waals surface area contributed by atoms with Crippen LogP contribution in [0.2, 0.25) is 12.6 Å². The smallest absolute Gasteiger partial charge is 0.334 e. The molecular weight excluding hydrogens is 232 g/mol. The van der Waals surface area contributed by atoms with Gasteiger partial charge in [0.1, 0.15) is 0 Å². The Balaban J connectivity index is 3.54. The van der Waals surface area contributed by atoms with E-state index in [1.54, 1.807) is 0 Å². The fourth-order valence-corrected chi connectivity index (χ4v) is 4.26. The molecule has 0 unspecified atom stereocenters. The summed E-state index contributed by atoms with van der Waals surface area (Å²) in [5, 5.41) is 3.43. The van der Waals surface area contributed by atoms with Crippen LogP contribution in [0.4, 0.5) is 0 Å². The van der Waals surface area contributed by atoms with Gasteiger partial charge in [-0.05, 0) is 65.3 Å². The molecule has 0 amide bonds. The minimum Gasteiger partial charge on any atom is -0.395 e. The second-order valence-corrected chi connectivity index (χ2v) is 7.69. The normalized spacial score (nSPS) is 12.0. The van der Waals surface area contributed by atoms with Crippen molar-refractivity contribution >= 4 is 8.56 Å². The van der Waals surface area contributed by atoms with E-state index >= 15 is 0 Å². The Morgan fingerprint density at radius 2 is 1.59 bits per heavy atom. The highest BCUT2D eigenvalue weighted by molar-refractivity contribution is 6.66. The maximum atomic E-state index is 5.79. The molecule has 0 radical (unpaired) electrons. The van der Waals surface area contributed by atoms with Crippen LogP contribution in [0.15, 0.2) is 0 Å². The molecule has 0 heterocycles. The third-order valence-electron chi connectivity index (χ3n) is 2.69. The average Bonchev–Trinajstić information content (AvgIpc) is 2.28. The summed E-state index contributed by atoms with van der Waals surface area (Å²) in [7, 11) is -1.88. The van der Waals surface area contributed by atoms with Gasteiger partial charge < -0.3 is 19.9 Å². The molecule has 0 aromatic carbocycles. The minimum atomic E-state index is -1.88. The summed E-state index contributed by atoms with van der Waals surface area (Å²) in [6.07, 6.45) is 3.41. The predicted octanol–water partition coefficient (Wildman–Crippen LogP) is 1.85. The fraction of sp³-hybridized carbons (Fsp3) is 1.00. The molecule has 0 rings (SSSR count). The molecule has 17 heavy (non-hydrogen) atoms. The van der Waals surface area contributed by atoms with Gasteiger partial charge in [0.2, 0.25) is 0 Å². The second-order valence-electron chi connectivity index (χ2n) is 4.35. The Labute approximate surface area is 107 Å². The average molecular weight is 262 g/mol. The van der Waals surface area contributed by atoms with Crippen LogP contribution in [-0.4, -0.2) is 41.4 Å². The zero-order chi connectivity index (χ0) is 13.0. The van der Waals surface area contributed by atoms with E-state index in [4.69, 9.17) is 14.6 Å². The Hall–Kier alpha value is 0.0569. The first kappa shape index (κ1) is 17.1. The molecule has 0 aliphatic rings. The number of unbranched alkanes of at least 4 members (excludes halogenated alkanes) is 1. The molecule has 4 nitrogen and oxygen atoms in total. The third-order valence-corrected chi connectivity index (χ3v) is 5.75. The second kappa shape index (κ2) is 11.2. The van der Waals surface area contributed by atoms with Crippen molar-refractivity contribution in [1.29, 1.82) is 0 Å². The summed E-state index contributed by atoms with van der Waals surface area (Å²) in [5.74, 6) is 0. The number of nitrogens with one attached hydrogen (secondary N) is 1. The van der Waals surface area contributed by atoms with Gasteiger partial charge in [-0.3, -0.25) is 0 Å². The Bertz CT molecular complexity index is 165. The van der Waals surface area contributed by atoms with Crippen LogP contribution >= 0.6 is 0 Å². The van der Waals surface area contributed by atoms with Crippen molar-refractivity contribution in [3.8, 4) is 0 Å². The molecule has 5 heteroatoms. The lowest BCUT2D eigenvalue weighted by molar-refractivity contribution is 0.188. The Morgan fingerprint density at radius 1 is 1.00 bits per heavy atom. The Morgan fingerprint density at radius 3 is 2.12 bits per heavy atom. The van der Waals surface area contributed by atoms with Gasteiger partial charge in [-0.25, -0.2) is 0 Å². The summed E-state index contributed by atoms with van der Waals surface area (Å²) in [5.41, 5.74) is 5.44. The summed E-state index contributed by atoms with van der Waals surface area (Å²) in [6.45, 7) is 10.7. The van der Waals surface area contributed by atoms with Crippen molar-refractivity contribution in [2.75, 3.05) is 32.8 Å². The zero-order valence-electron chi connectivity index (χ0n) is 11.8. The summed E-state index contributed by atoms with van der Waals surface area (Å²) >= 11 is 0. The van der Waals surface area contributed by atoms with Gasteiger partial charge in [0, 0.05) is 13.2 Å². The molecule has 0 aliphatic heterocycles. The van der Waals surface area contributed by atoms with Crippen LogP contribution < -0.4 is 11.1 Å². The molecule has 0 atom stereocenters. The largest absolute Gasteiger partial charge is 0.395 e.